The van der Waals surface area contributed by atoms with Gasteiger partial charge in [-0.1, -0.05) is 12.1 Å². The van der Waals surface area contributed by atoms with Crippen molar-refractivity contribution in [1.82, 2.24) is 19.8 Å². The summed E-state index contributed by atoms with van der Waals surface area (Å²) in [5.74, 6) is 1.14. The first-order valence-corrected chi connectivity index (χ1v) is 8.91. The number of imidazole rings is 1. The molecule has 3 heterocycles. The lowest BCUT2D eigenvalue weighted by molar-refractivity contribution is -0.135. The molecule has 0 unspecified atom stereocenters. The zero-order chi connectivity index (χ0) is 16.5. The van der Waals surface area contributed by atoms with Crippen molar-refractivity contribution in [3.8, 4) is 0 Å². The average molecular weight is 327 g/mol. The quantitative estimate of drug-likeness (QED) is 0.924. The second-order valence-corrected chi connectivity index (χ2v) is 6.79. The fraction of sp³-hybridized carbons (Fsp3) is 0.556. The van der Waals surface area contributed by atoms with Crippen LogP contribution in [-0.4, -0.2) is 59.6 Å². The van der Waals surface area contributed by atoms with Crippen LogP contribution in [0.2, 0.25) is 0 Å². The summed E-state index contributed by atoms with van der Waals surface area (Å²) in [5.41, 5.74) is 2.02. The second kappa shape index (κ2) is 6.43. The Labute approximate surface area is 142 Å². The summed E-state index contributed by atoms with van der Waals surface area (Å²) < 4.78 is 2.11. The standard InChI is InChI=1S/C18H25N5O/c1-19-14-6-4-9-22(12-14)18-20-15-7-2-3-8-16(15)23(18)13-17(24)21-10-5-11-21/h2-3,7-8,14,19H,4-6,9-13H2,1H3/t14-/m0/s1. The number of likely N-dealkylation sites (N-methyl/N-ethyl adjacent to an activating group) is 1. The Morgan fingerprint density at radius 2 is 2.08 bits per heavy atom. The smallest absolute Gasteiger partial charge is 0.242 e. The molecular formula is C18H25N5O. The van der Waals surface area contributed by atoms with E-state index in [0.29, 0.717) is 12.6 Å². The summed E-state index contributed by atoms with van der Waals surface area (Å²) in [5, 5.41) is 3.38. The van der Waals surface area contributed by atoms with Gasteiger partial charge in [-0.15, -0.1) is 0 Å². The van der Waals surface area contributed by atoms with Crippen LogP contribution in [0.15, 0.2) is 24.3 Å². The van der Waals surface area contributed by atoms with E-state index in [1.807, 2.05) is 30.1 Å². The van der Waals surface area contributed by atoms with E-state index in [-0.39, 0.29) is 5.91 Å². The molecule has 1 atom stereocenters. The molecule has 0 radical (unpaired) electrons. The van der Waals surface area contributed by atoms with E-state index in [9.17, 15) is 4.79 Å². The van der Waals surface area contributed by atoms with Crippen LogP contribution in [0.4, 0.5) is 5.95 Å². The van der Waals surface area contributed by atoms with Crippen LogP contribution in [-0.2, 0) is 11.3 Å². The highest BCUT2D eigenvalue weighted by molar-refractivity contribution is 5.83. The summed E-state index contributed by atoms with van der Waals surface area (Å²) in [6, 6.07) is 8.61. The highest BCUT2D eigenvalue weighted by Crippen LogP contribution is 2.26. The zero-order valence-electron chi connectivity index (χ0n) is 14.2. The van der Waals surface area contributed by atoms with Gasteiger partial charge in [0, 0.05) is 32.2 Å². The molecule has 1 aromatic carbocycles. The molecule has 2 saturated heterocycles. The number of nitrogens with one attached hydrogen (secondary N) is 1. The molecule has 0 saturated carbocycles. The summed E-state index contributed by atoms with van der Waals surface area (Å²) in [7, 11) is 2.02. The third kappa shape index (κ3) is 2.75. The van der Waals surface area contributed by atoms with E-state index in [1.54, 1.807) is 0 Å². The molecular weight excluding hydrogens is 302 g/mol. The molecule has 1 amide bonds. The number of piperidine rings is 1. The maximum absolute atomic E-state index is 12.5. The van der Waals surface area contributed by atoms with Crippen molar-refractivity contribution in [3.05, 3.63) is 24.3 Å². The van der Waals surface area contributed by atoms with E-state index >= 15 is 0 Å². The van der Waals surface area contributed by atoms with Crippen LogP contribution in [0.25, 0.3) is 11.0 Å². The number of hydrogen-bond donors (Lipinski definition) is 1. The molecule has 4 rings (SSSR count). The second-order valence-electron chi connectivity index (χ2n) is 6.79. The topological polar surface area (TPSA) is 53.4 Å². The molecule has 2 fully saturated rings. The summed E-state index contributed by atoms with van der Waals surface area (Å²) in [6.07, 6.45) is 3.47. The van der Waals surface area contributed by atoms with Crippen LogP contribution < -0.4 is 10.2 Å². The number of carbonyl (C=O) groups excluding carboxylic acids is 1. The van der Waals surface area contributed by atoms with Gasteiger partial charge in [0.2, 0.25) is 11.9 Å². The number of rotatable bonds is 4. The third-order valence-electron chi connectivity index (χ3n) is 5.25. The Bertz CT molecular complexity index is 736. The van der Waals surface area contributed by atoms with Gasteiger partial charge in [-0.25, -0.2) is 4.98 Å². The predicted molar refractivity (Wildman–Crippen MR) is 95.2 cm³/mol. The van der Waals surface area contributed by atoms with Gasteiger partial charge in [0.15, 0.2) is 0 Å². The number of benzene rings is 1. The molecule has 6 heteroatoms. The molecule has 24 heavy (non-hydrogen) atoms. The van der Waals surface area contributed by atoms with Crippen LogP contribution in [0.5, 0.6) is 0 Å². The van der Waals surface area contributed by atoms with Crippen LogP contribution >= 0.6 is 0 Å². The molecule has 0 bridgehead atoms. The number of carbonyl (C=O) groups is 1. The molecule has 1 aromatic heterocycles. The number of aromatic nitrogens is 2. The first-order chi connectivity index (χ1) is 11.8. The molecule has 0 spiro atoms. The van der Waals surface area contributed by atoms with E-state index in [1.165, 1.54) is 6.42 Å². The van der Waals surface area contributed by atoms with E-state index in [2.05, 4.69) is 20.9 Å². The van der Waals surface area contributed by atoms with Crippen LogP contribution in [0.1, 0.15) is 19.3 Å². The maximum Gasteiger partial charge on any atom is 0.242 e. The van der Waals surface area contributed by atoms with Crippen molar-refractivity contribution in [2.75, 3.05) is 38.1 Å². The van der Waals surface area contributed by atoms with Crippen molar-refractivity contribution in [2.45, 2.75) is 31.8 Å². The van der Waals surface area contributed by atoms with Crippen molar-refractivity contribution < 1.29 is 4.79 Å². The first-order valence-electron chi connectivity index (χ1n) is 8.91. The summed E-state index contributed by atoms with van der Waals surface area (Å²) in [4.78, 5) is 21.7. The minimum Gasteiger partial charge on any atom is -0.341 e. The van der Waals surface area contributed by atoms with Gasteiger partial charge in [0.05, 0.1) is 11.0 Å². The monoisotopic (exact) mass is 327 g/mol. The Morgan fingerprint density at radius 1 is 1.25 bits per heavy atom. The summed E-state index contributed by atoms with van der Waals surface area (Å²) >= 11 is 0. The van der Waals surface area contributed by atoms with Gasteiger partial charge in [0.25, 0.3) is 0 Å². The van der Waals surface area contributed by atoms with Crippen molar-refractivity contribution in [2.24, 2.45) is 0 Å². The number of para-hydroxylation sites is 2. The lowest BCUT2D eigenvalue weighted by Crippen LogP contribution is -2.46. The molecule has 2 aromatic rings. The van der Waals surface area contributed by atoms with E-state index in [0.717, 1.165) is 56.0 Å². The fourth-order valence-corrected chi connectivity index (χ4v) is 3.66. The minimum atomic E-state index is 0.202. The maximum atomic E-state index is 12.5. The van der Waals surface area contributed by atoms with Crippen molar-refractivity contribution in [1.29, 1.82) is 0 Å². The number of amides is 1. The fourth-order valence-electron chi connectivity index (χ4n) is 3.66. The van der Waals surface area contributed by atoms with Gasteiger partial charge in [-0.2, -0.15) is 0 Å². The number of anilines is 1. The number of likely N-dealkylation sites (tertiary alicyclic amines) is 1. The Kier molecular flexibility index (Phi) is 4.14. The van der Waals surface area contributed by atoms with Crippen molar-refractivity contribution in [3.63, 3.8) is 0 Å². The third-order valence-corrected chi connectivity index (χ3v) is 5.25. The first kappa shape index (κ1) is 15.4. The molecule has 1 N–H and O–H groups in total. The lowest BCUT2D eigenvalue weighted by Gasteiger charge is -2.34. The van der Waals surface area contributed by atoms with Gasteiger partial charge in [0.1, 0.15) is 6.54 Å². The number of fused-ring (bicyclic) bond motifs is 1. The van der Waals surface area contributed by atoms with Gasteiger partial charge >= 0.3 is 0 Å². The predicted octanol–water partition coefficient (Wildman–Crippen LogP) is 1.46. The average Bonchev–Trinajstić information content (AvgIpc) is 2.92. The number of hydrogen-bond acceptors (Lipinski definition) is 4. The zero-order valence-corrected chi connectivity index (χ0v) is 14.2. The molecule has 6 nitrogen and oxygen atoms in total. The Balaban J connectivity index is 1.68. The van der Waals surface area contributed by atoms with E-state index in [4.69, 9.17) is 4.98 Å². The van der Waals surface area contributed by atoms with E-state index < -0.39 is 0 Å². The molecule has 0 aliphatic carbocycles. The van der Waals surface area contributed by atoms with Crippen molar-refractivity contribution >= 4 is 22.9 Å². The Morgan fingerprint density at radius 3 is 2.83 bits per heavy atom. The van der Waals surface area contributed by atoms with Gasteiger partial charge in [-0.05, 0) is 38.4 Å². The Hall–Kier alpha value is -2.08. The van der Waals surface area contributed by atoms with Crippen LogP contribution in [0, 0.1) is 0 Å². The highest BCUT2D eigenvalue weighted by atomic mass is 16.2. The van der Waals surface area contributed by atoms with Gasteiger partial charge in [-0.3, -0.25) is 4.79 Å². The van der Waals surface area contributed by atoms with Gasteiger partial charge < -0.3 is 19.7 Å². The largest absolute Gasteiger partial charge is 0.341 e. The number of nitrogens with zero attached hydrogens (tertiary/aromatic N) is 4. The molecule has 2 aliphatic heterocycles. The lowest BCUT2D eigenvalue weighted by atomic mass is 10.1. The minimum absolute atomic E-state index is 0.202. The van der Waals surface area contributed by atoms with Crippen LogP contribution in [0.3, 0.4) is 0 Å². The molecule has 2 aliphatic rings. The SMILES string of the molecule is CN[C@H]1CCCN(c2nc3ccccc3n2CC(=O)N2CCC2)C1. The highest BCUT2D eigenvalue weighted by Gasteiger charge is 2.26. The normalized spacial score (nSPS) is 21.1. The molecule has 128 valence electrons. The summed E-state index contributed by atoms with van der Waals surface area (Å²) in [6.45, 7) is 4.12.